The fraction of sp³-hybridized carbons (Fsp3) is 0. The first kappa shape index (κ1) is 15.9. The summed E-state index contributed by atoms with van der Waals surface area (Å²) in [7, 11) is 0. The molecule has 11 heteroatoms. The van der Waals surface area contributed by atoms with E-state index >= 15 is 0 Å². The van der Waals surface area contributed by atoms with Gasteiger partial charge in [0, 0.05) is 0 Å². The Labute approximate surface area is 161 Å². The SMILES string of the molecule is Clc1cccc(Cl)c1-c1nc2c(Nc3ncnc4[nH]ncc34)ncnc2[nH]1. The predicted octanol–water partition coefficient (Wildman–Crippen LogP) is 3.74. The lowest BCUT2D eigenvalue weighted by Crippen LogP contribution is -1.99. The first-order valence-electron chi connectivity index (χ1n) is 7.77. The lowest BCUT2D eigenvalue weighted by atomic mass is 10.2. The number of aromatic amines is 2. The van der Waals surface area contributed by atoms with Gasteiger partial charge < -0.3 is 10.3 Å². The summed E-state index contributed by atoms with van der Waals surface area (Å²) in [6, 6.07) is 5.27. The Balaban J connectivity index is 1.64. The number of imidazole rings is 1. The van der Waals surface area contributed by atoms with Gasteiger partial charge in [-0.15, -0.1) is 0 Å². The van der Waals surface area contributed by atoms with E-state index in [1.165, 1.54) is 12.7 Å². The number of anilines is 2. The summed E-state index contributed by atoms with van der Waals surface area (Å²) < 4.78 is 0. The van der Waals surface area contributed by atoms with Gasteiger partial charge in [-0.2, -0.15) is 5.10 Å². The van der Waals surface area contributed by atoms with Gasteiger partial charge in [0.25, 0.3) is 0 Å². The molecule has 0 saturated heterocycles. The standard InChI is InChI=1S/C16H9Cl2N9/c17-8-2-1-3-9(18)10(8)14-24-11-15(21-6-22-16(11)26-14)25-12-7-4-23-27-13(7)20-5-19-12/h1-6H,(H3,19,20,21,22,23,24,25,26,27). The fourth-order valence-electron chi connectivity index (χ4n) is 2.74. The van der Waals surface area contributed by atoms with Crippen molar-refractivity contribution in [2.45, 2.75) is 0 Å². The van der Waals surface area contributed by atoms with Crippen molar-refractivity contribution < 1.29 is 0 Å². The van der Waals surface area contributed by atoms with E-state index in [1.54, 1.807) is 24.4 Å². The molecule has 4 aromatic heterocycles. The predicted molar refractivity (Wildman–Crippen MR) is 102 cm³/mol. The second kappa shape index (κ2) is 6.15. The molecule has 0 atom stereocenters. The summed E-state index contributed by atoms with van der Waals surface area (Å²) in [5.74, 6) is 1.53. The third-order valence-corrected chi connectivity index (χ3v) is 4.60. The number of nitrogens with zero attached hydrogens (tertiary/aromatic N) is 6. The number of H-pyrrole nitrogens is 2. The summed E-state index contributed by atoms with van der Waals surface area (Å²) in [5, 5.41) is 11.6. The minimum absolute atomic E-state index is 0.479. The van der Waals surface area contributed by atoms with Gasteiger partial charge in [0.15, 0.2) is 22.6 Å². The van der Waals surface area contributed by atoms with Crippen molar-refractivity contribution in [3.8, 4) is 11.4 Å². The molecule has 0 saturated carbocycles. The molecule has 5 aromatic rings. The van der Waals surface area contributed by atoms with Crippen LogP contribution in [0.25, 0.3) is 33.6 Å². The quantitative estimate of drug-likeness (QED) is 0.423. The summed E-state index contributed by atoms with van der Waals surface area (Å²) in [6.07, 6.45) is 4.49. The zero-order valence-electron chi connectivity index (χ0n) is 13.4. The van der Waals surface area contributed by atoms with E-state index in [0.717, 1.165) is 5.39 Å². The van der Waals surface area contributed by atoms with E-state index in [0.29, 0.717) is 49.9 Å². The second-order valence-corrected chi connectivity index (χ2v) is 6.40. The highest BCUT2D eigenvalue weighted by atomic mass is 35.5. The zero-order valence-corrected chi connectivity index (χ0v) is 14.9. The number of hydrogen-bond acceptors (Lipinski definition) is 7. The van der Waals surface area contributed by atoms with Crippen molar-refractivity contribution in [1.82, 2.24) is 40.1 Å². The van der Waals surface area contributed by atoms with Crippen molar-refractivity contribution >= 4 is 57.0 Å². The number of nitrogens with one attached hydrogen (secondary N) is 3. The van der Waals surface area contributed by atoms with Crippen LogP contribution in [0.1, 0.15) is 0 Å². The van der Waals surface area contributed by atoms with Crippen LogP contribution in [-0.4, -0.2) is 40.1 Å². The monoisotopic (exact) mass is 397 g/mol. The van der Waals surface area contributed by atoms with Gasteiger partial charge in [0.2, 0.25) is 0 Å². The lowest BCUT2D eigenvalue weighted by molar-refractivity contribution is 1.09. The number of benzene rings is 1. The van der Waals surface area contributed by atoms with E-state index in [1.807, 2.05) is 0 Å². The van der Waals surface area contributed by atoms with E-state index in [4.69, 9.17) is 23.2 Å². The van der Waals surface area contributed by atoms with Gasteiger partial charge in [0.05, 0.1) is 27.2 Å². The van der Waals surface area contributed by atoms with Crippen LogP contribution in [-0.2, 0) is 0 Å². The molecule has 4 heterocycles. The summed E-state index contributed by atoms with van der Waals surface area (Å²) in [4.78, 5) is 24.6. The van der Waals surface area contributed by atoms with Crippen molar-refractivity contribution in [2.24, 2.45) is 0 Å². The Kier molecular flexibility index (Phi) is 3.62. The minimum atomic E-state index is 0.479. The molecule has 0 aliphatic carbocycles. The fourth-order valence-corrected chi connectivity index (χ4v) is 3.32. The summed E-state index contributed by atoms with van der Waals surface area (Å²) in [6.45, 7) is 0. The Morgan fingerprint density at radius 1 is 0.889 bits per heavy atom. The van der Waals surface area contributed by atoms with Crippen LogP contribution in [0.3, 0.4) is 0 Å². The molecular weight excluding hydrogens is 389 g/mol. The highest BCUT2D eigenvalue weighted by molar-refractivity contribution is 6.39. The highest BCUT2D eigenvalue weighted by Crippen LogP contribution is 2.34. The van der Waals surface area contributed by atoms with Gasteiger partial charge in [0.1, 0.15) is 24.3 Å². The Hall–Kier alpha value is -3.30. The topological polar surface area (TPSA) is 121 Å². The van der Waals surface area contributed by atoms with E-state index in [9.17, 15) is 0 Å². The summed E-state index contributed by atoms with van der Waals surface area (Å²) in [5.41, 5.74) is 2.28. The molecule has 1 aromatic carbocycles. The van der Waals surface area contributed by atoms with Gasteiger partial charge >= 0.3 is 0 Å². The third kappa shape index (κ3) is 2.64. The molecule has 0 aliphatic rings. The minimum Gasteiger partial charge on any atom is -0.322 e. The second-order valence-electron chi connectivity index (χ2n) is 5.58. The van der Waals surface area contributed by atoms with E-state index in [-0.39, 0.29) is 0 Å². The highest BCUT2D eigenvalue weighted by Gasteiger charge is 2.17. The molecule has 0 bridgehead atoms. The molecule has 9 nitrogen and oxygen atoms in total. The average Bonchev–Trinajstić information content (AvgIpc) is 3.29. The van der Waals surface area contributed by atoms with E-state index in [2.05, 4.69) is 45.4 Å². The number of hydrogen-bond donors (Lipinski definition) is 3. The molecule has 0 fully saturated rings. The Morgan fingerprint density at radius 2 is 1.63 bits per heavy atom. The van der Waals surface area contributed by atoms with Crippen LogP contribution in [0, 0.1) is 0 Å². The number of fused-ring (bicyclic) bond motifs is 2. The van der Waals surface area contributed by atoms with E-state index < -0.39 is 0 Å². The van der Waals surface area contributed by atoms with Gasteiger partial charge in [-0.05, 0) is 12.1 Å². The summed E-state index contributed by atoms with van der Waals surface area (Å²) >= 11 is 12.6. The maximum absolute atomic E-state index is 6.29. The van der Waals surface area contributed by atoms with Crippen LogP contribution < -0.4 is 5.32 Å². The molecule has 3 N–H and O–H groups in total. The van der Waals surface area contributed by atoms with Gasteiger partial charge in [-0.25, -0.2) is 24.9 Å². The van der Waals surface area contributed by atoms with Crippen LogP contribution in [0.15, 0.2) is 37.1 Å². The first-order chi connectivity index (χ1) is 13.2. The normalized spacial score (nSPS) is 11.3. The van der Waals surface area contributed by atoms with Crippen molar-refractivity contribution in [2.75, 3.05) is 5.32 Å². The van der Waals surface area contributed by atoms with Gasteiger partial charge in [-0.1, -0.05) is 29.3 Å². The van der Waals surface area contributed by atoms with Gasteiger partial charge in [-0.3, -0.25) is 5.10 Å². The van der Waals surface area contributed by atoms with Crippen LogP contribution in [0.2, 0.25) is 10.0 Å². The molecule has 0 spiro atoms. The molecule has 0 aliphatic heterocycles. The molecule has 0 unspecified atom stereocenters. The maximum Gasteiger partial charge on any atom is 0.163 e. The lowest BCUT2D eigenvalue weighted by Gasteiger charge is -2.05. The van der Waals surface area contributed by atoms with Crippen molar-refractivity contribution in [3.05, 3.63) is 47.1 Å². The molecule has 132 valence electrons. The molecule has 0 amide bonds. The average molecular weight is 398 g/mol. The van der Waals surface area contributed by atoms with Crippen LogP contribution in [0.4, 0.5) is 11.6 Å². The maximum atomic E-state index is 6.29. The first-order valence-corrected chi connectivity index (χ1v) is 8.52. The Bertz CT molecular complexity index is 1270. The molecule has 5 rings (SSSR count). The zero-order chi connectivity index (χ0) is 18.4. The van der Waals surface area contributed by atoms with Crippen molar-refractivity contribution in [3.63, 3.8) is 0 Å². The van der Waals surface area contributed by atoms with Crippen molar-refractivity contribution in [1.29, 1.82) is 0 Å². The Morgan fingerprint density at radius 3 is 2.44 bits per heavy atom. The molecular formula is C16H9Cl2N9. The number of aromatic nitrogens is 8. The molecule has 27 heavy (non-hydrogen) atoms. The number of rotatable bonds is 3. The van der Waals surface area contributed by atoms with Crippen LogP contribution in [0.5, 0.6) is 0 Å². The largest absolute Gasteiger partial charge is 0.322 e. The number of halogens is 2. The van der Waals surface area contributed by atoms with Crippen LogP contribution >= 0.6 is 23.2 Å². The molecule has 0 radical (unpaired) electrons. The smallest absolute Gasteiger partial charge is 0.163 e. The third-order valence-electron chi connectivity index (χ3n) is 3.97.